The van der Waals surface area contributed by atoms with E-state index in [2.05, 4.69) is 0 Å². The van der Waals surface area contributed by atoms with Crippen molar-refractivity contribution in [3.63, 3.8) is 0 Å². The summed E-state index contributed by atoms with van der Waals surface area (Å²) in [6.07, 6.45) is 0.818. The van der Waals surface area contributed by atoms with Crippen LogP contribution in [0.1, 0.15) is 35.9 Å². The number of carbonyl (C=O) groups is 1. The molecule has 78 valence electrons. The van der Waals surface area contributed by atoms with Crippen LogP contribution < -0.4 is 9.67 Å². The molecule has 0 aliphatic rings. The number of nitrogens with zero attached hydrogens (tertiary/aromatic N) is 2. The van der Waals surface area contributed by atoms with Crippen molar-refractivity contribution in [2.45, 2.75) is 33.7 Å². The minimum atomic E-state index is -1.10. The second-order valence-electron chi connectivity index (χ2n) is 3.29. The molecule has 0 amide bonds. The molecular formula is C10H16N2O2. The standard InChI is InChI=1S/C10H16N2O2/c1-5-8-11(4)9(10(13)14)7(3)12(8)6-2/h5-6H2,1-4H3. The molecule has 4 heteroatoms. The Kier molecular flexibility index (Phi) is 2.93. The molecule has 14 heavy (non-hydrogen) atoms. The molecule has 0 aliphatic heterocycles. The lowest BCUT2D eigenvalue weighted by Crippen LogP contribution is -2.42. The van der Waals surface area contributed by atoms with Gasteiger partial charge in [-0.2, -0.15) is 0 Å². The van der Waals surface area contributed by atoms with Gasteiger partial charge in [0.25, 0.3) is 5.82 Å². The lowest BCUT2D eigenvalue weighted by atomic mass is 10.3. The van der Waals surface area contributed by atoms with E-state index in [-0.39, 0.29) is 5.69 Å². The molecule has 0 radical (unpaired) electrons. The number of carboxylic acids is 1. The minimum absolute atomic E-state index is 0.281. The third-order valence-electron chi connectivity index (χ3n) is 2.61. The van der Waals surface area contributed by atoms with E-state index in [1.165, 1.54) is 0 Å². The Bertz CT molecular complexity index is 339. The first kappa shape index (κ1) is 10.8. The maximum Gasteiger partial charge on any atom is 0.256 e. The molecule has 0 aliphatic carbocycles. The molecule has 0 fully saturated rings. The number of carboxylic acid groups (broad SMARTS) is 1. The van der Waals surface area contributed by atoms with Crippen molar-refractivity contribution in [2.24, 2.45) is 7.05 Å². The highest BCUT2D eigenvalue weighted by molar-refractivity contribution is 5.83. The van der Waals surface area contributed by atoms with Gasteiger partial charge in [0.05, 0.1) is 13.6 Å². The number of aromatic carboxylic acids is 1. The summed E-state index contributed by atoms with van der Waals surface area (Å²) < 4.78 is 3.71. The third kappa shape index (κ3) is 1.41. The Balaban J connectivity index is 3.46. The van der Waals surface area contributed by atoms with E-state index >= 15 is 0 Å². The summed E-state index contributed by atoms with van der Waals surface area (Å²) in [6, 6.07) is 0. The molecule has 0 bridgehead atoms. The molecule has 0 unspecified atom stereocenters. The summed E-state index contributed by atoms with van der Waals surface area (Å²) in [7, 11) is 1.77. The number of imidazole rings is 1. The predicted molar refractivity (Wildman–Crippen MR) is 49.7 cm³/mol. The van der Waals surface area contributed by atoms with E-state index in [9.17, 15) is 9.90 Å². The number of rotatable bonds is 3. The quantitative estimate of drug-likeness (QED) is 0.616. The first-order valence-electron chi connectivity index (χ1n) is 4.83. The summed E-state index contributed by atoms with van der Waals surface area (Å²) in [5.41, 5.74) is 1.05. The molecule has 0 saturated carbocycles. The van der Waals surface area contributed by atoms with Gasteiger partial charge >= 0.3 is 0 Å². The zero-order valence-corrected chi connectivity index (χ0v) is 9.13. The van der Waals surface area contributed by atoms with Crippen LogP contribution in [0.15, 0.2) is 0 Å². The highest BCUT2D eigenvalue weighted by Crippen LogP contribution is 2.08. The van der Waals surface area contributed by atoms with E-state index in [1.807, 2.05) is 25.3 Å². The fraction of sp³-hybridized carbons (Fsp3) is 0.600. The summed E-state index contributed by atoms with van der Waals surface area (Å²) in [6.45, 7) is 6.62. The first-order valence-corrected chi connectivity index (χ1v) is 4.83. The summed E-state index contributed by atoms with van der Waals surface area (Å²) in [4.78, 5) is 10.9. The van der Waals surface area contributed by atoms with Crippen LogP contribution in [-0.4, -0.2) is 10.5 Å². The molecule has 1 aromatic heterocycles. The highest BCUT2D eigenvalue weighted by atomic mass is 16.4. The molecule has 0 atom stereocenters. The maximum atomic E-state index is 10.9. The van der Waals surface area contributed by atoms with Gasteiger partial charge in [-0.05, 0) is 6.92 Å². The molecule has 1 rings (SSSR count). The van der Waals surface area contributed by atoms with Gasteiger partial charge in [-0.3, -0.25) is 0 Å². The maximum absolute atomic E-state index is 10.9. The molecule has 0 N–H and O–H groups in total. The Labute approximate surface area is 83.8 Å². The van der Waals surface area contributed by atoms with E-state index in [0.717, 1.165) is 24.5 Å². The van der Waals surface area contributed by atoms with Crippen LogP contribution in [0.2, 0.25) is 0 Å². The van der Waals surface area contributed by atoms with Gasteiger partial charge < -0.3 is 9.90 Å². The molecule has 0 spiro atoms. The van der Waals surface area contributed by atoms with Crippen LogP contribution >= 0.6 is 0 Å². The smallest absolute Gasteiger partial charge is 0.256 e. The van der Waals surface area contributed by atoms with E-state index in [0.29, 0.717) is 0 Å². The van der Waals surface area contributed by atoms with Crippen molar-refractivity contribution in [1.82, 2.24) is 4.57 Å². The Morgan fingerprint density at radius 1 is 1.50 bits per heavy atom. The van der Waals surface area contributed by atoms with Gasteiger partial charge in [0.15, 0.2) is 5.69 Å². The fourth-order valence-electron chi connectivity index (χ4n) is 2.01. The van der Waals surface area contributed by atoms with Gasteiger partial charge in [0, 0.05) is 13.3 Å². The van der Waals surface area contributed by atoms with Crippen molar-refractivity contribution in [3.05, 3.63) is 17.2 Å². The second kappa shape index (κ2) is 3.82. The topological polar surface area (TPSA) is 48.9 Å². The van der Waals surface area contributed by atoms with Crippen LogP contribution in [0.25, 0.3) is 0 Å². The van der Waals surface area contributed by atoms with Crippen LogP contribution in [0.5, 0.6) is 0 Å². The van der Waals surface area contributed by atoms with Crippen LogP contribution in [0.4, 0.5) is 0 Å². The average molecular weight is 196 g/mol. The van der Waals surface area contributed by atoms with Crippen molar-refractivity contribution >= 4 is 5.97 Å². The van der Waals surface area contributed by atoms with Crippen LogP contribution in [-0.2, 0) is 20.0 Å². The van der Waals surface area contributed by atoms with Crippen molar-refractivity contribution < 1.29 is 14.5 Å². The zero-order valence-electron chi connectivity index (χ0n) is 9.13. The normalized spacial score (nSPS) is 10.6. The fourth-order valence-corrected chi connectivity index (χ4v) is 2.01. The molecule has 1 heterocycles. The third-order valence-corrected chi connectivity index (χ3v) is 2.61. The summed E-state index contributed by atoms with van der Waals surface area (Å²) in [5, 5.41) is 10.9. The molecule has 1 aromatic rings. The van der Waals surface area contributed by atoms with Crippen LogP contribution in [0.3, 0.4) is 0 Å². The number of carbonyl (C=O) groups excluding carboxylic acids is 1. The van der Waals surface area contributed by atoms with Crippen LogP contribution in [0, 0.1) is 6.92 Å². The lowest BCUT2D eigenvalue weighted by Gasteiger charge is -1.97. The Morgan fingerprint density at radius 3 is 2.36 bits per heavy atom. The predicted octanol–water partition coefficient (Wildman–Crippen LogP) is -0.433. The van der Waals surface area contributed by atoms with Gasteiger partial charge in [-0.1, -0.05) is 6.92 Å². The Hall–Kier alpha value is -1.32. The van der Waals surface area contributed by atoms with Gasteiger partial charge in [-0.15, -0.1) is 0 Å². The number of hydrogen-bond donors (Lipinski definition) is 0. The minimum Gasteiger partial charge on any atom is -0.541 e. The summed E-state index contributed by atoms with van der Waals surface area (Å²) >= 11 is 0. The van der Waals surface area contributed by atoms with Crippen molar-refractivity contribution in [3.8, 4) is 0 Å². The first-order chi connectivity index (χ1) is 6.54. The van der Waals surface area contributed by atoms with E-state index < -0.39 is 5.97 Å². The lowest BCUT2D eigenvalue weighted by molar-refractivity contribution is -0.683. The SMILES string of the molecule is CCc1n(CC)c(C)c(C(=O)[O-])[n+]1C. The Morgan fingerprint density at radius 2 is 2.07 bits per heavy atom. The monoisotopic (exact) mass is 196 g/mol. The van der Waals surface area contributed by atoms with Crippen molar-refractivity contribution in [2.75, 3.05) is 0 Å². The number of aromatic nitrogens is 2. The molecule has 0 aromatic carbocycles. The van der Waals surface area contributed by atoms with E-state index in [1.54, 1.807) is 11.6 Å². The van der Waals surface area contributed by atoms with Crippen molar-refractivity contribution in [1.29, 1.82) is 0 Å². The molecule has 0 saturated heterocycles. The van der Waals surface area contributed by atoms with Gasteiger partial charge in [0.1, 0.15) is 11.7 Å². The summed E-state index contributed by atoms with van der Waals surface area (Å²) in [5.74, 6) is -0.0869. The zero-order chi connectivity index (χ0) is 10.9. The number of hydrogen-bond acceptors (Lipinski definition) is 2. The molecular weight excluding hydrogens is 180 g/mol. The van der Waals surface area contributed by atoms with E-state index in [4.69, 9.17) is 0 Å². The second-order valence-corrected chi connectivity index (χ2v) is 3.29. The van der Waals surface area contributed by atoms with Gasteiger partial charge in [0.2, 0.25) is 0 Å². The average Bonchev–Trinajstić information content (AvgIpc) is 2.36. The highest BCUT2D eigenvalue weighted by Gasteiger charge is 2.23. The van der Waals surface area contributed by atoms with Gasteiger partial charge in [-0.25, -0.2) is 9.13 Å². The largest absolute Gasteiger partial charge is 0.541 e. The molecule has 4 nitrogen and oxygen atoms in total.